The number of pyridine rings is 2. The van der Waals surface area contributed by atoms with Crippen molar-refractivity contribution in [2.45, 2.75) is 11.8 Å². The molecule has 1 N–H and O–H groups in total. The SMILES string of the molecule is COc1cncc(C#Cc2ccccc2NS(=O)(=O)c2c(C)ccc3cccnc23)c1. The predicted octanol–water partition coefficient (Wildman–Crippen LogP) is 4.15. The summed E-state index contributed by atoms with van der Waals surface area (Å²) in [5, 5.41) is 0.757. The van der Waals surface area contributed by atoms with Gasteiger partial charge in [-0.25, -0.2) is 8.42 Å². The van der Waals surface area contributed by atoms with E-state index in [1.54, 1.807) is 75.1 Å². The third kappa shape index (κ3) is 4.34. The Morgan fingerprint density at radius 1 is 1.00 bits per heavy atom. The zero-order valence-electron chi connectivity index (χ0n) is 17.0. The van der Waals surface area contributed by atoms with Crippen molar-refractivity contribution in [1.82, 2.24) is 9.97 Å². The Labute approximate surface area is 181 Å². The first-order valence-electron chi connectivity index (χ1n) is 9.45. The molecule has 0 bridgehead atoms. The number of benzene rings is 2. The Kier molecular flexibility index (Phi) is 5.56. The van der Waals surface area contributed by atoms with Crippen LogP contribution in [-0.2, 0) is 10.0 Å². The van der Waals surface area contributed by atoms with E-state index in [0.29, 0.717) is 33.6 Å². The van der Waals surface area contributed by atoms with Crippen molar-refractivity contribution >= 4 is 26.6 Å². The molecule has 2 aromatic carbocycles. The van der Waals surface area contributed by atoms with E-state index in [-0.39, 0.29) is 4.90 Å². The Morgan fingerprint density at radius 3 is 2.68 bits per heavy atom. The van der Waals surface area contributed by atoms with Crippen molar-refractivity contribution < 1.29 is 13.2 Å². The average molecular weight is 430 g/mol. The molecule has 2 aromatic heterocycles. The van der Waals surface area contributed by atoms with Crippen molar-refractivity contribution in [1.29, 1.82) is 0 Å². The lowest BCUT2D eigenvalue weighted by Gasteiger charge is -2.13. The molecule has 0 aliphatic heterocycles. The molecule has 0 amide bonds. The number of hydrogen-bond acceptors (Lipinski definition) is 5. The van der Waals surface area contributed by atoms with Gasteiger partial charge in [-0.2, -0.15) is 0 Å². The summed E-state index contributed by atoms with van der Waals surface area (Å²) in [6, 6.07) is 16.0. The molecule has 2 heterocycles. The number of methoxy groups -OCH3 is 1. The maximum Gasteiger partial charge on any atom is 0.264 e. The lowest BCUT2D eigenvalue weighted by atomic mass is 10.1. The first-order chi connectivity index (χ1) is 15.0. The Hall–Kier alpha value is -3.89. The van der Waals surface area contributed by atoms with Crippen LogP contribution in [0.5, 0.6) is 5.75 Å². The minimum absolute atomic E-state index is 0.158. The minimum Gasteiger partial charge on any atom is -0.495 e. The van der Waals surface area contributed by atoms with E-state index >= 15 is 0 Å². The fourth-order valence-electron chi connectivity index (χ4n) is 3.17. The fourth-order valence-corrected chi connectivity index (χ4v) is 4.66. The standard InChI is InChI=1S/C24H19N3O3S/c1-17-9-11-20-7-5-13-26-23(20)24(17)31(28,29)27-22-8-4-3-6-19(22)12-10-18-14-21(30-2)16-25-15-18/h3-9,11,13-16,27H,1-2H3. The lowest BCUT2D eigenvalue weighted by Crippen LogP contribution is -2.16. The molecule has 0 unspecified atom stereocenters. The summed E-state index contributed by atoms with van der Waals surface area (Å²) in [5.41, 5.74) is 2.63. The van der Waals surface area contributed by atoms with Crippen LogP contribution in [0.15, 0.2) is 78.1 Å². The van der Waals surface area contributed by atoms with Gasteiger partial charge in [0.25, 0.3) is 10.0 Å². The van der Waals surface area contributed by atoms with Gasteiger partial charge in [0.2, 0.25) is 0 Å². The van der Waals surface area contributed by atoms with Crippen LogP contribution in [0, 0.1) is 18.8 Å². The van der Waals surface area contributed by atoms with Crippen LogP contribution >= 0.6 is 0 Å². The summed E-state index contributed by atoms with van der Waals surface area (Å²) in [6.45, 7) is 1.75. The highest BCUT2D eigenvalue weighted by Gasteiger charge is 2.22. The minimum atomic E-state index is -3.90. The Bertz CT molecular complexity index is 1440. The van der Waals surface area contributed by atoms with Gasteiger partial charge in [0.15, 0.2) is 0 Å². The zero-order valence-corrected chi connectivity index (χ0v) is 17.8. The van der Waals surface area contributed by atoms with E-state index in [0.717, 1.165) is 5.39 Å². The second kappa shape index (κ2) is 8.46. The number of aryl methyl sites for hydroxylation is 1. The number of nitrogens with one attached hydrogen (secondary N) is 1. The molecule has 0 aliphatic rings. The highest BCUT2D eigenvalue weighted by atomic mass is 32.2. The van der Waals surface area contributed by atoms with Crippen LogP contribution in [0.25, 0.3) is 10.9 Å². The van der Waals surface area contributed by atoms with Crippen molar-refractivity contribution in [3.8, 4) is 17.6 Å². The normalized spacial score (nSPS) is 10.9. The van der Waals surface area contributed by atoms with Gasteiger partial charge in [0.05, 0.1) is 24.5 Å². The highest BCUT2D eigenvalue weighted by molar-refractivity contribution is 7.93. The maximum atomic E-state index is 13.3. The molecule has 6 nitrogen and oxygen atoms in total. The number of ether oxygens (including phenoxy) is 1. The second-order valence-corrected chi connectivity index (χ2v) is 8.42. The summed E-state index contributed by atoms with van der Waals surface area (Å²) < 4.78 is 34.5. The van der Waals surface area contributed by atoms with Gasteiger partial charge in [-0.05, 0) is 36.8 Å². The van der Waals surface area contributed by atoms with Crippen molar-refractivity contribution in [2.75, 3.05) is 11.8 Å². The topological polar surface area (TPSA) is 81.2 Å². The number of anilines is 1. The van der Waals surface area contributed by atoms with Crippen LogP contribution in [0.3, 0.4) is 0 Å². The number of aromatic nitrogens is 2. The maximum absolute atomic E-state index is 13.3. The molecule has 154 valence electrons. The molecule has 0 saturated heterocycles. The van der Waals surface area contributed by atoms with E-state index in [9.17, 15) is 8.42 Å². The van der Waals surface area contributed by atoms with Crippen molar-refractivity contribution in [2.24, 2.45) is 0 Å². The van der Waals surface area contributed by atoms with Gasteiger partial charge in [0.1, 0.15) is 10.6 Å². The molecule has 0 aliphatic carbocycles. The lowest BCUT2D eigenvalue weighted by molar-refractivity contribution is 0.413. The van der Waals surface area contributed by atoms with Crippen molar-refractivity contribution in [3.63, 3.8) is 0 Å². The third-order valence-electron chi connectivity index (χ3n) is 4.66. The van der Waals surface area contributed by atoms with E-state index in [2.05, 4.69) is 26.5 Å². The predicted molar refractivity (Wildman–Crippen MR) is 120 cm³/mol. The first kappa shape index (κ1) is 20.4. The number of fused-ring (bicyclic) bond motifs is 1. The largest absolute Gasteiger partial charge is 0.495 e. The summed E-state index contributed by atoms with van der Waals surface area (Å²) in [6.07, 6.45) is 4.80. The van der Waals surface area contributed by atoms with Crippen LogP contribution in [0.1, 0.15) is 16.7 Å². The molecule has 0 spiro atoms. The summed E-state index contributed by atoms with van der Waals surface area (Å²) in [7, 11) is -2.34. The van der Waals surface area contributed by atoms with Crippen LogP contribution in [0.4, 0.5) is 5.69 Å². The number of hydrogen-bond donors (Lipinski definition) is 1. The van der Waals surface area contributed by atoms with E-state index in [1.165, 1.54) is 0 Å². The van der Waals surface area contributed by atoms with E-state index < -0.39 is 10.0 Å². The molecule has 4 rings (SSSR count). The van der Waals surface area contributed by atoms with E-state index in [1.807, 2.05) is 12.1 Å². The summed E-state index contributed by atoms with van der Waals surface area (Å²) >= 11 is 0. The molecule has 0 radical (unpaired) electrons. The quantitative estimate of drug-likeness (QED) is 0.493. The molecule has 0 saturated carbocycles. The molecular weight excluding hydrogens is 410 g/mol. The van der Waals surface area contributed by atoms with Gasteiger partial charge >= 0.3 is 0 Å². The monoisotopic (exact) mass is 429 g/mol. The molecular formula is C24H19N3O3S. The zero-order chi connectivity index (χ0) is 21.8. The molecule has 0 atom stereocenters. The first-order valence-corrected chi connectivity index (χ1v) is 10.9. The Balaban J connectivity index is 1.73. The molecule has 4 aromatic rings. The van der Waals surface area contributed by atoms with Crippen LogP contribution in [-0.4, -0.2) is 25.5 Å². The van der Waals surface area contributed by atoms with E-state index in [4.69, 9.17) is 4.74 Å². The van der Waals surface area contributed by atoms with Gasteiger partial charge < -0.3 is 4.74 Å². The van der Waals surface area contributed by atoms with Gasteiger partial charge in [-0.15, -0.1) is 0 Å². The molecule has 0 fully saturated rings. The number of para-hydroxylation sites is 1. The average Bonchev–Trinajstić information content (AvgIpc) is 2.78. The van der Waals surface area contributed by atoms with Gasteiger partial charge in [-0.1, -0.05) is 42.2 Å². The van der Waals surface area contributed by atoms with Crippen LogP contribution in [0.2, 0.25) is 0 Å². The Morgan fingerprint density at radius 2 is 1.84 bits per heavy atom. The fraction of sp³-hybridized carbons (Fsp3) is 0.0833. The molecule has 31 heavy (non-hydrogen) atoms. The summed E-state index contributed by atoms with van der Waals surface area (Å²) in [5.74, 6) is 6.62. The molecule has 7 heteroatoms. The third-order valence-corrected chi connectivity index (χ3v) is 6.20. The van der Waals surface area contributed by atoms with Crippen molar-refractivity contribution in [3.05, 3.63) is 89.9 Å². The van der Waals surface area contributed by atoms with Gasteiger partial charge in [-0.3, -0.25) is 14.7 Å². The number of nitrogens with zero attached hydrogens (tertiary/aromatic N) is 2. The smallest absolute Gasteiger partial charge is 0.264 e. The number of sulfonamides is 1. The highest BCUT2D eigenvalue weighted by Crippen LogP contribution is 2.27. The second-order valence-electron chi connectivity index (χ2n) is 6.80. The van der Waals surface area contributed by atoms with Crippen LogP contribution < -0.4 is 9.46 Å². The summed E-state index contributed by atoms with van der Waals surface area (Å²) in [4.78, 5) is 8.54. The number of rotatable bonds is 4. The van der Waals surface area contributed by atoms with Gasteiger partial charge in [0, 0.05) is 28.9 Å².